The molecule has 1 aromatic carbocycles. The molecule has 0 saturated carbocycles. The number of nitrogens with zero attached hydrogens (tertiary/aromatic N) is 7. The fourth-order valence-electron chi connectivity index (χ4n) is 5.44. The van der Waals surface area contributed by atoms with Gasteiger partial charge >= 0.3 is 5.97 Å². The Labute approximate surface area is 265 Å². The predicted molar refractivity (Wildman–Crippen MR) is 164 cm³/mol. The lowest BCUT2D eigenvalue weighted by atomic mass is 10.2. The first-order valence-corrected chi connectivity index (χ1v) is 15.4. The Hall–Kier alpha value is -4.14. The summed E-state index contributed by atoms with van der Waals surface area (Å²) in [4.78, 5) is 29.7. The molecule has 10 nitrogen and oxygen atoms in total. The fraction of sp³-hybridized carbons (Fsp3) is 0.333. The van der Waals surface area contributed by atoms with Crippen LogP contribution in [0, 0.1) is 17.5 Å². The number of aromatic carboxylic acids is 1. The fourth-order valence-corrected chi connectivity index (χ4v) is 6.49. The van der Waals surface area contributed by atoms with Crippen molar-refractivity contribution in [2.75, 3.05) is 24.5 Å². The molecule has 6 rings (SSSR count). The summed E-state index contributed by atoms with van der Waals surface area (Å²) in [7, 11) is 0. The molecule has 1 aliphatic heterocycles. The SMILES string of the molecule is CCn1cncc1Cn1c(CN2CCN(c3nc(OCc4ccc(Cl)cc4F)c(F)cc3F)C[C@@H]2C)nc2sc(C(=O)O)cc21. The number of anilines is 1. The van der Waals surface area contributed by atoms with Crippen molar-refractivity contribution in [2.24, 2.45) is 0 Å². The van der Waals surface area contributed by atoms with Gasteiger partial charge in [-0.15, -0.1) is 11.3 Å². The lowest BCUT2D eigenvalue weighted by Crippen LogP contribution is -2.52. The van der Waals surface area contributed by atoms with Gasteiger partial charge in [0.1, 0.15) is 28.0 Å². The van der Waals surface area contributed by atoms with Gasteiger partial charge in [0.05, 0.1) is 30.6 Å². The molecular weight excluding hydrogens is 631 g/mol. The quantitative estimate of drug-likeness (QED) is 0.200. The van der Waals surface area contributed by atoms with E-state index in [4.69, 9.17) is 21.3 Å². The number of aromatic nitrogens is 5. The molecule has 0 amide bonds. The molecule has 0 unspecified atom stereocenters. The van der Waals surface area contributed by atoms with Crippen molar-refractivity contribution in [3.05, 3.63) is 87.3 Å². The van der Waals surface area contributed by atoms with Crippen molar-refractivity contribution in [1.29, 1.82) is 0 Å². The van der Waals surface area contributed by atoms with Crippen LogP contribution in [0.5, 0.6) is 5.88 Å². The zero-order chi connectivity index (χ0) is 31.8. The van der Waals surface area contributed by atoms with Gasteiger partial charge in [-0.05, 0) is 32.0 Å². The molecule has 1 saturated heterocycles. The Morgan fingerprint density at radius 1 is 1.11 bits per heavy atom. The molecule has 4 aromatic heterocycles. The molecule has 236 valence electrons. The van der Waals surface area contributed by atoms with E-state index in [1.807, 2.05) is 23.0 Å². The van der Waals surface area contributed by atoms with Crippen LogP contribution in [0.4, 0.5) is 19.0 Å². The predicted octanol–water partition coefficient (Wildman–Crippen LogP) is 5.82. The largest absolute Gasteiger partial charge is 0.477 e. The van der Waals surface area contributed by atoms with Crippen LogP contribution in [0.15, 0.2) is 42.9 Å². The second kappa shape index (κ2) is 12.7. The molecule has 1 aliphatic rings. The van der Waals surface area contributed by atoms with E-state index < -0.39 is 29.3 Å². The number of pyridine rings is 1. The number of hydrogen-bond acceptors (Lipinski definition) is 8. The average Bonchev–Trinajstić information content (AvgIpc) is 3.70. The van der Waals surface area contributed by atoms with Gasteiger partial charge in [-0.25, -0.2) is 27.9 Å². The molecule has 5 aromatic rings. The third kappa shape index (κ3) is 6.35. The van der Waals surface area contributed by atoms with E-state index in [0.29, 0.717) is 37.6 Å². The summed E-state index contributed by atoms with van der Waals surface area (Å²) in [5, 5.41) is 9.76. The Bertz CT molecular complexity index is 1880. The maximum atomic E-state index is 15.0. The van der Waals surface area contributed by atoms with Gasteiger partial charge in [0, 0.05) is 55.1 Å². The van der Waals surface area contributed by atoms with E-state index in [9.17, 15) is 23.1 Å². The molecule has 5 heterocycles. The number of thiophene rings is 1. The van der Waals surface area contributed by atoms with Gasteiger partial charge in [0.15, 0.2) is 17.5 Å². The Morgan fingerprint density at radius 3 is 2.67 bits per heavy atom. The lowest BCUT2D eigenvalue weighted by Gasteiger charge is -2.40. The minimum atomic E-state index is -0.998. The van der Waals surface area contributed by atoms with Gasteiger partial charge < -0.3 is 23.9 Å². The highest BCUT2D eigenvalue weighted by Gasteiger charge is 2.29. The highest BCUT2D eigenvalue weighted by molar-refractivity contribution is 7.20. The number of carbonyl (C=O) groups is 1. The van der Waals surface area contributed by atoms with Gasteiger partial charge in [0.2, 0.25) is 0 Å². The maximum Gasteiger partial charge on any atom is 0.346 e. The summed E-state index contributed by atoms with van der Waals surface area (Å²) in [6.45, 7) is 6.71. The number of aryl methyl sites for hydroxylation is 1. The normalized spacial score (nSPS) is 15.7. The molecule has 1 fully saturated rings. The van der Waals surface area contributed by atoms with Crippen molar-refractivity contribution in [3.8, 4) is 5.88 Å². The minimum Gasteiger partial charge on any atom is -0.477 e. The van der Waals surface area contributed by atoms with Gasteiger partial charge in [-0.3, -0.25) is 4.90 Å². The number of carboxylic acid groups (broad SMARTS) is 1. The average molecular weight is 660 g/mol. The minimum absolute atomic E-state index is 0.0504. The molecule has 0 aliphatic carbocycles. The lowest BCUT2D eigenvalue weighted by molar-refractivity contribution is 0.0702. The summed E-state index contributed by atoms with van der Waals surface area (Å²) in [6.07, 6.45) is 3.55. The van der Waals surface area contributed by atoms with Crippen LogP contribution in [-0.2, 0) is 26.2 Å². The van der Waals surface area contributed by atoms with E-state index in [2.05, 4.69) is 14.9 Å². The summed E-state index contributed by atoms with van der Waals surface area (Å²) >= 11 is 6.93. The standard InChI is InChI=1S/C30H29ClF3N7O3S/c1-3-38-16-35-11-20(38)13-41-24-10-25(30(42)43)45-29(24)36-26(41)14-39-6-7-40(12-17(39)2)27-22(33)9-23(34)28(37-27)44-15-18-4-5-19(31)8-21(18)32/h4-5,8-11,16-17H,3,6-7,12-15H2,1-2H3,(H,42,43)/t17-/m0/s1. The Balaban J connectivity index is 1.19. The number of halogens is 4. The second-order valence-corrected chi connectivity index (χ2v) is 12.2. The Kier molecular flexibility index (Phi) is 8.71. The number of piperazine rings is 1. The molecule has 1 N–H and O–H groups in total. The number of rotatable bonds is 10. The van der Waals surface area contributed by atoms with Gasteiger partial charge in [-0.2, -0.15) is 4.98 Å². The van der Waals surface area contributed by atoms with Crippen molar-refractivity contribution in [2.45, 2.75) is 46.1 Å². The van der Waals surface area contributed by atoms with Crippen LogP contribution in [0.2, 0.25) is 5.02 Å². The highest BCUT2D eigenvalue weighted by atomic mass is 35.5. The van der Waals surface area contributed by atoms with Crippen LogP contribution >= 0.6 is 22.9 Å². The van der Waals surface area contributed by atoms with Crippen molar-refractivity contribution >= 4 is 45.1 Å². The molecule has 1 atom stereocenters. The monoisotopic (exact) mass is 659 g/mol. The second-order valence-electron chi connectivity index (χ2n) is 10.8. The third-order valence-electron chi connectivity index (χ3n) is 7.86. The number of imidazole rings is 2. The number of carboxylic acids is 1. The van der Waals surface area contributed by atoms with Crippen LogP contribution in [-0.4, -0.2) is 65.7 Å². The first kappa shape index (κ1) is 30.9. The molecule has 0 radical (unpaired) electrons. The summed E-state index contributed by atoms with van der Waals surface area (Å²) in [5.74, 6) is -3.12. The van der Waals surface area contributed by atoms with Gasteiger partial charge in [-0.1, -0.05) is 17.7 Å². The van der Waals surface area contributed by atoms with Crippen LogP contribution in [0.1, 0.15) is 40.6 Å². The zero-order valence-corrected chi connectivity index (χ0v) is 26.0. The molecule has 45 heavy (non-hydrogen) atoms. The maximum absolute atomic E-state index is 15.0. The summed E-state index contributed by atoms with van der Waals surface area (Å²) in [5.41, 5.74) is 1.87. The van der Waals surface area contributed by atoms with E-state index in [1.54, 1.807) is 23.5 Å². The third-order valence-corrected chi connectivity index (χ3v) is 9.11. The molecular formula is C30H29ClF3N7O3S. The van der Waals surface area contributed by atoms with Crippen LogP contribution in [0.25, 0.3) is 10.3 Å². The zero-order valence-electron chi connectivity index (χ0n) is 24.4. The highest BCUT2D eigenvalue weighted by Crippen LogP contribution is 2.30. The number of fused-ring (bicyclic) bond motifs is 1. The number of ether oxygens (including phenoxy) is 1. The molecule has 0 bridgehead atoms. The molecule has 0 spiro atoms. The topological polar surface area (TPSA) is 102 Å². The molecule has 15 heteroatoms. The summed E-state index contributed by atoms with van der Waals surface area (Å²) < 4.78 is 53.2. The Morgan fingerprint density at radius 2 is 1.93 bits per heavy atom. The van der Waals surface area contributed by atoms with Crippen LogP contribution in [0.3, 0.4) is 0 Å². The van der Waals surface area contributed by atoms with Crippen molar-refractivity contribution in [1.82, 2.24) is 29.0 Å². The smallest absolute Gasteiger partial charge is 0.346 e. The van der Waals surface area contributed by atoms with E-state index in [0.717, 1.165) is 47.0 Å². The van der Waals surface area contributed by atoms with E-state index in [1.165, 1.54) is 12.1 Å². The van der Waals surface area contributed by atoms with E-state index >= 15 is 0 Å². The number of benzene rings is 1. The van der Waals surface area contributed by atoms with Crippen molar-refractivity contribution in [3.63, 3.8) is 0 Å². The van der Waals surface area contributed by atoms with Gasteiger partial charge in [0.25, 0.3) is 5.88 Å². The first-order valence-electron chi connectivity index (χ1n) is 14.2. The van der Waals surface area contributed by atoms with Crippen LogP contribution < -0.4 is 9.64 Å². The number of hydrogen-bond donors (Lipinski definition) is 1. The summed E-state index contributed by atoms with van der Waals surface area (Å²) in [6, 6.07) is 6.35. The first-order chi connectivity index (χ1) is 21.6. The van der Waals surface area contributed by atoms with E-state index in [-0.39, 0.29) is 33.9 Å². The van der Waals surface area contributed by atoms with Crippen molar-refractivity contribution < 1.29 is 27.8 Å².